The average molecular weight is 297 g/mol. The first-order chi connectivity index (χ1) is 8.15. The highest BCUT2D eigenvalue weighted by Crippen LogP contribution is 2.14. The fourth-order valence-electron chi connectivity index (χ4n) is 1.31. The minimum absolute atomic E-state index is 0.246. The molecule has 6 heteroatoms. The van der Waals surface area contributed by atoms with E-state index in [2.05, 4.69) is 31.4 Å². The smallest absolute Gasteiger partial charge is 0.315 e. The van der Waals surface area contributed by atoms with Crippen LogP contribution in [0.1, 0.15) is 24.4 Å². The Bertz CT molecular complexity index is 498. The van der Waals surface area contributed by atoms with E-state index >= 15 is 0 Å². The summed E-state index contributed by atoms with van der Waals surface area (Å²) in [7, 11) is 0. The maximum Gasteiger partial charge on any atom is 0.315 e. The Labute approximate surface area is 108 Å². The Morgan fingerprint density at radius 1 is 1.47 bits per heavy atom. The van der Waals surface area contributed by atoms with Crippen LogP contribution in [0.15, 0.2) is 33.2 Å². The van der Waals surface area contributed by atoms with Crippen LogP contribution in [0.25, 0.3) is 0 Å². The molecule has 5 nitrogen and oxygen atoms in total. The fourth-order valence-corrected chi connectivity index (χ4v) is 1.76. The molecule has 2 aromatic rings. The third kappa shape index (κ3) is 3.28. The van der Waals surface area contributed by atoms with Crippen molar-refractivity contribution in [2.24, 2.45) is 5.73 Å². The van der Waals surface area contributed by atoms with Crippen molar-refractivity contribution in [2.75, 3.05) is 5.32 Å². The lowest BCUT2D eigenvalue weighted by Crippen LogP contribution is -2.04. The van der Waals surface area contributed by atoms with Crippen molar-refractivity contribution >= 4 is 21.9 Å². The molecule has 0 aliphatic heterocycles. The zero-order chi connectivity index (χ0) is 12.3. The van der Waals surface area contributed by atoms with Crippen molar-refractivity contribution < 1.29 is 4.42 Å². The van der Waals surface area contributed by atoms with Gasteiger partial charge in [-0.2, -0.15) is 0 Å². The van der Waals surface area contributed by atoms with Crippen LogP contribution in [0.2, 0.25) is 0 Å². The Morgan fingerprint density at radius 3 is 2.94 bits per heavy atom. The summed E-state index contributed by atoms with van der Waals surface area (Å²) in [6.45, 7) is 2.42. The molecular weight excluding hydrogens is 284 g/mol. The standard InChI is InChI=1S/C11H13BrN4O/c1-7(13)10-15-16-11(17-10)14-6-8-3-2-4-9(12)5-8/h2-5,7H,6,13H2,1H3,(H,14,16). The summed E-state index contributed by atoms with van der Waals surface area (Å²) in [5, 5.41) is 10.7. The van der Waals surface area contributed by atoms with Gasteiger partial charge in [0.05, 0.1) is 6.04 Å². The van der Waals surface area contributed by atoms with Crippen LogP contribution in [-0.4, -0.2) is 10.2 Å². The number of nitrogens with one attached hydrogen (secondary N) is 1. The third-order valence-electron chi connectivity index (χ3n) is 2.16. The lowest BCUT2D eigenvalue weighted by atomic mass is 10.2. The number of anilines is 1. The van der Waals surface area contributed by atoms with Crippen LogP contribution in [0, 0.1) is 0 Å². The highest BCUT2D eigenvalue weighted by Gasteiger charge is 2.09. The highest BCUT2D eigenvalue weighted by molar-refractivity contribution is 9.10. The fraction of sp³-hybridized carbons (Fsp3) is 0.273. The van der Waals surface area contributed by atoms with Gasteiger partial charge in [0.2, 0.25) is 5.89 Å². The van der Waals surface area contributed by atoms with E-state index < -0.39 is 0 Å². The third-order valence-corrected chi connectivity index (χ3v) is 2.66. The van der Waals surface area contributed by atoms with E-state index in [1.165, 1.54) is 0 Å². The molecule has 0 aliphatic carbocycles. The molecule has 0 aliphatic rings. The van der Waals surface area contributed by atoms with E-state index in [1.54, 1.807) is 6.92 Å². The van der Waals surface area contributed by atoms with E-state index in [9.17, 15) is 0 Å². The minimum Gasteiger partial charge on any atom is -0.406 e. The second kappa shape index (κ2) is 5.29. The van der Waals surface area contributed by atoms with Gasteiger partial charge in [0.15, 0.2) is 0 Å². The monoisotopic (exact) mass is 296 g/mol. The quantitative estimate of drug-likeness (QED) is 0.906. The van der Waals surface area contributed by atoms with Gasteiger partial charge in [-0.25, -0.2) is 0 Å². The van der Waals surface area contributed by atoms with Gasteiger partial charge in [-0.1, -0.05) is 33.2 Å². The van der Waals surface area contributed by atoms with Gasteiger partial charge in [-0.15, -0.1) is 5.10 Å². The number of hydrogen-bond acceptors (Lipinski definition) is 5. The molecule has 0 fully saturated rings. The van der Waals surface area contributed by atoms with Crippen molar-refractivity contribution in [3.63, 3.8) is 0 Å². The predicted octanol–water partition coefficient (Wildman–Crippen LogP) is 2.46. The van der Waals surface area contributed by atoms with Crippen LogP contribution in [0.3, 0.4) is 0 Å². The first-order valence-electron chi connectivity index (χ1n) is 5.22. The first-order valence-corrected chi connectivity index (χ1v) is 6.02. The van der Waals surface area contributed by atoms with E-state index in [-0.39, 0.29) is 6.04 Å². The average Bonchev–Trinajstić information content (AvgIpc) is 2.75. The molecule has 1 atom stereocenters. The van der Waals surface area contributed by atoms with Gasteiger partial charge in [0, 0.05) is 11.0 Å². The summed E-state index contributed by atoms with van der Waals surface area (Å²) in [6.07, 6.45) is 0. The summed E-state index contributed by atoms with van der Waals surface area (Å²) >= 11 is 3.42. The molecule has 0 spiro atoms. The second-order valence-electron chi connectivity index (χ2n) is 3.72. The maximum atomic E-state index is 5.62. The predicted molar refractivity (Wildman–Crippen MR) is 68.4 cm³/mol. The summed E-state index contributed by atoms with van der Waals surface area (Å²) in [6, 6.07) is 8.13. The lowest BCUT2D eigenvalue weighted by molar-refractivity contribution is 0.472. The zero-order valence-electron chi connectivity index (χ0n) is 9.35. The van der Waals surface area contributed by atoms with Gasteiger partial charge < -0.3 is 15.5 Å². The molecule has 1 heterocycles. The van der Waals surface area contributed by atoms with Crippen molar-refractivity contribution in [2.45, 2.75) is 19.5 Å². The first kappa shape index (κ1) is 12.1. The molecule has 3 N–H and O–H groups in total. The minimum atomic E-state index is -0.246. The van der Waals surface area contributed by atoms with Crippen LogP contribution in [0.4, 0.5) is 6.01 Å². The van der Waals surface area contributed by atoms with Crippen molar-refractivity contribution in [3.05, 3.63) is 40.2 Å². The highest BCUT2D eigenvalue weighted by atomic mass is 79.9. The molecule has 0 saturated heterocycles. The number of benzene rings is 1. The Morgan fingerprint density at radius 2 is 2.29 bits per heavy atom. The van der Waals surface area contributed by atoms with Crippen molar-refractivity contribution in [1.82, 2.24) is 10.2 Å². The SMILES string of the molecule is CC(N)c1nnc(NCc2cccc(Br)c2)o1. The summed E-state index contributed by atoms with van der Waals surface area (Å²) in [4.78, 5) is 0. The van der Waals surface area contributed by atoms with Gasteiger partial charge in [0.1, 0.15) is 0 Å². The molecule has 1 aromatic carbocycles. The number of nitrogens with two attached hydrogens (primary N) is 1. The molecule has 90 valence electrons. The van der Waals surface area contributed by atoms with E-state index in [0.717, 1.165) is 10.0 Å². The van der Waals surface area contributed by atoms with E-state index in [4.69, 9.17) is 10.2 Å². The largest absolute Gasteiger partial charge is 0.406 e. The van der Waals surface area contributed by atoms with Gasteiger partial charge in [-0.3, -0.25) is 0 Å². The number of nitrogens with zero attached hydrogens (tertiary/aromatic N) is 2. The van der Waals surface area contributed by atoms with Gasteiger partial charge >= 0.3 is 6.01 Å². The van der Waals surface area contributed by atoms with E-state index in [0.29, 0.717) is 18.5 Å². The Hall–Kier alpha value is -1.40. The summed E-state index contributed by atoms with van der Waals surface area (Å²) in [5.41, 5.74) is 6.75. The molecule has 0 amide bonds. The molecule has 0 radical (unpaired) electrons. The second-order valence-corrected chi connectivity index (χ2v) is 4.63. The van der Waals surface area contributed by atoms with Crippen molar-refractivity contribution in [3.8, 4) is 0 Å². The number of halogens is 1. The zero-order valence-corrected chi connectivity index (χ0v) is 10.9. The number of hydrogen-bond donors (Lipinski definition) is 2. The normalized spacial score (nSPS) is 12.4. The Balaban J connectivity index is 1.97. The molecular formula is C11H13BrN4O. The molecule has 1 unspecified atom stereocenters. The molecule has 2 rings (SSSR count). The van der Waals surface area contributed by atoms with Gasteiger partial charge in [0.25, 0.3) is 0 Å². The lowest BCUT2D eigenvalue weighted by Gasteiger charge is -2.02. The number of aromatic nitrogens is 2. The maximum absolute atomic E-state index is 5.62. The van der Waals surface area contributed by atoms with Crippen LogP contribution in [0.5, 0.6) is 0 Å². The number of rotatable bonds is 4. The van der Waals surface area contributed by atoms with Crippen molar-refractivity contribution in [1.29, 1.82) is 0 Å². The van der Waals surface area contributed by atoms with Crippen LogP contribution in [-0.2, 0) is 6.54 Å². The molecule has 0 bridgehead atoms. The molecule has 0 saturated carbocycles. The molecule has 17 heavy (non-hydrogen) atoms. The Kier molecular flexibility index (Phi) is 3.75. The van der Waals surface area contributed by atoms with Crippen LogP contribution < -0.4 is 11.1 Å². The van der Waals surface area contributed by atoms with E-state index in [1.807, 2.05) is 24.3 Å². The van der Waals surface area contributed by atoms with Gasteiger partial charge in [-0.05, 0) is 24.6 Å². The van der Waals surface area contributed by atoms with Crippen LogP contribution >= 0.6 is 15.9 Å². The summed E-state index contributed by atoms with van der Waals surface area (Å²) in [5.74, 6) is 0.432. The summed E-state index contributed by atoms with van der Waals surface area (Å²) < 4.78 is 6.37. The molecule has 1 aromatic heterocycles. The topological polar surface area (TPSA) is 77.0 Å².